The molecule has 252 valence electrons. The highest BCUT2D eigenvalue weighted by Gasteiger charge is 2.42. The first-order valence-corrected chi connectivity index (χ1v) is 14.5. The van der Waals surface area contributed by atoms with Gasteiger partial charge in [-0.3, -0.25) is 14.4 Å². The van der Waals surface area contributed by atoms with Crippen molar-refractivity contribution in [3.05, 3.63) is 52.4 Å². The Balaban J connectivity index is 1.57. The third-order valence-corrected chi connectivity index (χ3v) is 7.53. The molecule has 17 heteroatoms. The Morgan fingerprint density at radius 3 is 2.07 bits per heavy atom. The second-order valence-corrected chi connectivity index (χ2v) is 12.1. The molecule has 0 radical (unpaired) electrons. The molecule has 1 unspecified atom stereocenters. The van der Waals surface area contributed by atoms with Gasteiger partial charge in [-0.05, 0) is 38.8 Å². The first-order chi connectivity index (χ1) is 21.3. The molecule has 1 aromatic heterocycles. The number of hydrogen-bond donors (Lipinski definition) is 1. The summed E-state index contributed by atoms with van der Waals surface area (Å²) >= 11 is 0. The number of benzene rings is 1. The van der Waals surface area contributed by atoms with Crippen LogP contribution < -0.4 is 5.32 Å². The molecule has 1 aromatic carbocycles. The van der Waals surface area contributed by atoms with Crippen LogP contribution in [0.1, 0.15) is 61.7 Å². The summed E-state index contributed by atoms with van der Waals surface area (Å²) in [5, 5.41) is 2.43. The van der Waals surface area contributed by atoms with Crippen molar-refractivity contribution >= 4 is 23.8 Å². The molecule has 1 fully saturated rings. The fourth-order valence-corrected chi connectivity index (χ4v) is 5.32. The Bertz CT molecular complexity index is 1510. The van der Waals surface area contributed by atoms with Crippen molar-refractivity contribution in [3.8, 4) is 0 Å². The van der Waals surface area contributed by atoms with Gasteiger partial charge in [-0.1, -0.05) is 0 Å². The zero-order chi connectivity index (χ0) is 34.1. The standard InChI is InChI=1S/C29H34F6N6O5/c1-16(42)38-5-7-39(8-6-38)25(44)24-22-15-40(9-10-41(22)26(37-24)29(33,34)35)23(43)13-18(36-27(45)46-28(2,3)4)11-17-12-20(31)21(32)14-19(17)30/h12,14,18H,5-11,13,15H2,1-4H3,(H,36,45). The van der Waals surface area contributed by atoms with E-state index < -0.39 is 84.1 Å². The van der Waals surface area contributed by atoms with E-state index in [0.29, 0.717) is 12.1 Å². The van der Waals surface area contributed by atoms with Crippen LogP contribution in [0.2, 0.25) is 0 Å². The number of ether oxygens (including phenoxy) is 1. The number of alkyl halides is 3. The number of aromatic nitrogens is 2. The zero-order valence-electron chi connectivity index (χ0n) is 25.6. The van der Waals surface area contributed by atoms with E-state index in [9.17, 15) is 45.5 Å². The second kappa shape index (κ2) is 13.2. The number of piperazine rings is 1. The molecule has 4 rings (SSSR count). The SMILES string of the molecule is CC(=O)N1CCN(C(=O)c2nc(C(F)(F)F)n3c2CN(C(=O)CC(Cc2cc(F)c(F)cc2F)NC(=O)OC(C)(C)C)CC3)CC1. The van der Waals surface area contributed by atoms with E-state index in [2.05, 4.69) is 10.3 Å². The molecule has 46 heavy (non-hydrogen) atoms. The number of carbonyl (C=O) groups excluding carboxylic acids is 4. The van der Waals surface area contributed by atoms with Gasteiger partial charge in [0.1, 0.15) is 11.4 Å². The molecule has 3 heterocycles. The Kier molecular flexibility index (Phi) is 9.92. The largest absolute Gasteiger partial charge is 0.449 e. The van der Waals surface area contributed by atoms with Gasteiger partial charge in [-0.25, -0.2) is 22.9 Å². The molecule has 0 spiro atoms. The summed E-state index contributed by atoms with van der Waals surface area (Å²) in [4.78, 5) is 58.7. The van der Waals surface area contributed by atoms with Gasteiger partial charge in [0.2, 0.25) is 17.6 Å². The maximum absolute atomic E-state index is 14.5. The Morgan fingerprint density at radius 2 is 1.48 bits per heavy atom. The van der Waals surface area contributed by atoms with Gasteiger partial charge in [0.25, 0.3) is 5.91 Å². The molecule has 1 saturated heterocycles. The number of fused-ring (bicyclic) bond motifs is 1. The van der Waals surface area contributed by atoms with E-state index in [0.717, 1.165) is 4.57 Å². The lowest BCUT2D eigenvalue weighted by Crippen LogP contribution is -2.50. The van der Waals surface area contributed by atoms with Gasteiger partial charge in [0, 0.05) is 64.7 Å². The minimum Gasteiger partial charge on any atom is -0.444 e. The van der Waals surface area contributed by atoms with Crippen LogP contribution in [0.3, 0.4) is 0 Å². The average molecular weight is 661 g/mol. The molecular weight excluding hydrogens is 626 g/mol. The number of carbonyl (C=O) groups is 4. The minimum absolute atomic E-state index is 0.0767. The van der Waals surface area contributed by atoms with E-state index in [-0.39, 0.29) is 56.4 Å². The van der Waals surface area contributed by atoms with E-state index in [1.165, 1.54) is 21.6 Å². The van der Waals surface area contributed by atoms with Gasteiger partial charge in [-0.2, -0.15) is 13.2 Å². The fourth-order valence-electron chi connectivity index (χ4n) is 5.32. The summed E-state index contributed by atoms with van der Waals surface area (Å²) in [5.74, 6) is -6.85. The highest BCUT2D eigenvalue weighted by molar-refractivity contribution is 5.94. The molecule has 1 N–H and O–H groups in total. The Labute approximate surface area is 260 Å². The Morgan fingerprint density at radius 1 is 0.891 bits per heavy atom. The van der Waals surface area contributed by atoms with Crippen LogP contribution in [0, 0.1) is 17.5 Å². The van der Waals surface area contributed by atoms with Crippen LogP contribution in [-0.4, -0.2) is 92.4 Å². The number of nitrogens with one attached hydrogen (secondary N) is 1. The van der Waals surface area contributed by atoms with Crippen molar-refractivity contribution in [1.29, 1.82) is 0 Å². The number of alkyl carbamates (subject to hydrolysis) is 1. The molecule has 4 amide bonds. The Hall–Kier alpha value is -4.31. The lowest BCUT2D eigenvalue weighted by molar-refractivity contribution is -0.148. The molecule has 0 saturated carbocycles. The van der Waals surface area contributed by atoms with Gasteiger partial charge < -0.3 is 29.3 Å². The smallest absolute Gasteiger partial charge is 0.444 e. The first-order valence-electron chi connectivity index (χ1n) is 14.5. The van der Waals surface area contributed by atoms with Crippen LogP contribution in [0.4, 0.5) is 31.1 Å². The van der Waals surface area contributed by atoms with Crippen LogP contribution in [0.15, 0.2) is 12.1 Å². The molecule has 0 aliphatic carbocycles. The van der Waals surface area contributed by atoms with Crippen molar-refractivity contribution in [1.82, 2.24) is 29.6 Å². The predicted octanol–water partition coefficient (Wildman–Crippen LogP) is 3.49. The monoisotopic (exact) mass is 660 g/mol. The lowest BCUT2D eigenvalue weighted by atomic mass is 10.0. The van der Waals surface area contributed by atoms with Gasteiger partial charge in [-0.15, -0.1) is 0 Å². The fraction of sp³-hybridized carbons (Fsp3) is 0.552. The summed E-state index contributed by atoms with van der Waals surface area (Å²) in [6, 6.07) is -0.261. The highest BCUT2D eigenvalue weighted by Crippen LogP contribution is 2.33. The van der Waals surface area contributed by atoms with Crippen molar-refractivity contribution < 1.29 is 50.3 Å². The summed E-state index contributed by atoms with van der Waals surface area (Å²) in [7, 11) is 0. The van der Waals surface area contributed by atoms with Crippen LogP contribution in [-0.2, 0) is 40.0 Å². The van der Waals surface area contributed by atoms with E-state index in [1.54, 1.807) is 20.8 Å². The van der Waals surface area contributed by atoms with Gasteiger partial charge in [0.05, 0.1) is 12.2 Å². The highest BCUT2D eigenvalue weighted by atomic mass is 19.4. The maximum Gasteiger partial charge on any atom is 0.449 e. The normalized spacial score (nSPS) is 16.2. The van der Waals surface area contributed by atoms with Crippen LogP contribution >= 0.6 is 0 Å². The molecule has 1 atom stereocenters. The van der Waals surface area contributed by atoms with E-state index in [1.807, 2.05) is 0 Å². The van der Waals surface area contributed by atoms with E-state index in [4.69, 9.17) is 4.74 Å². The molecule has 2 aliphatic rings. The predicted molar refractivity (Wildman–Crippen MR) is 149 cm³/mol. The minimum atomic E-state index is -4.90. The molecule has 2 aromatic rings. The molecule has 2 aliphatic heterocycles. The molecular formula is C29H34F6N6O5. The maximum atomic E-state index is 14.5. The number of amides is 4. The summed E-state index contributed by atoms with van der Waals surface area (Å²) in [6.07, 6.45) is -6.84. The summed E-state index contributed by atoms with van der Waals surface area (Å²) in [5.41, 5.74) is -1.91. The van der Waals surface area contributed by atoms with Crippen molar-refractivity contribution in [3.63, 3.8) is 0 Å². The third-order valence-electron chi connectivity index (χ3n) is 7.53. The molecule has 11 nitrogen and oxygen atoms in total. The zero-order valence-corrected chi connectivity index (χ0v) is 25.6. The summed E-state index contributed by atoms with van der Waals surface area (Å²) in [6.45, 7) is 5.64. The molecule has 0 bridgehead atoms. The third kappa shape index (κ3) is 8.09. The average Bonchev–Trinajstić information content (AvgIpc) is 3.34. The number of imidazole rings is 1. The topological polar surface area (TPSA) is 117 Å². The lowest BCUT2D eigenvalue weighted by Gasteiger charge is -2.34. The van der Waals surface area contributed by atoms with Crippen molar-refractivity contribution in [2.45, 2.75) is 71.4 Å². The number of hydrogen-bond acceptors (Lipinski definition) is 6. The van der Waals surface area contributed by atoms with Crippen molar-refractivity contribution in [2.24, 2.45) is 0 Å². The first kappa shape index (κ1) is 34.6. The van der Waals surface area contributed by atoms with Crippen LogP contribution in [0.25, 0.3) is 0 Å². The number of rotatable bonds is 6. The van der Waals surface area contributed by atoms with Gasteiger partial charge >= 0.3 is 12.3 Å². The van der Waals surface area contributed by atoms with Crippen LogP contribution in [0.5, 0.6) is 0 Å². The van der Waals surface area contributed by atoms with E-state index >= 15 is 0 Å². The quantitative estimate of drug-likeness (QED) is 0.375. The van der Waals surface area contributed by atoms with Gasteiger partial charge in [0.15, 0.2) is 17.3 Å². The second-order valence-electron chi connectivity index (χ2n) is 12.1. The summed E-state index contributed by atoms with van der Waals surface area (Å²) < 4.78 is 89.8. The number of nitrogens with zero attached hydrogens (tertiary/aromatic N) is 5. The number of halogens is 6. The van der Waals surface area contributed by atoms with Crippen molar-refractivity contribution in [2.75, 3.05) is 32.7 Å².